The van der Waals surface area contributed by atoms with E-state index in [0.717, 1.165) is 29.7 Å². The third kappa shape index (κ3) is 4.55. The molecule has 3 aliphatic rings. The van der Waals surface area contributed by atoms with Gasteiger partial charge >= 0.3 is 0 Å². The highest BCUT2D eigenvalue weighted by molar-refractivity contribution is 7.82. The maximum Gasteiger partial charge on any atom is 0.212 e. The zero-order valence-electron chi connectivity index (χ0n) is 22.3. The third-order valence-corrected chi connectivity index (χ3v) is 9.91. The molecular formula is C29H27F2N7O2S. The lowest BCUT2D eigenvalue weighted by molar-refractivity contribution is 0.0736. The van der Waals surface area contributed by atoms with Crippen molar-refractivity contribution in [1.82, 2.24) is 33.8 Å². The molecule has 2 saturated carbocycles. The van der Waals surface area contributed by atoms with Gasteiger partial charge in [0.2, 0.25) is 5.95 Å². The Balaban J connectivity index is 1.30. The van der Waals surface area contributed by atoms with Crippen LogP contribution in [0.3, 0.4) is 0 Å². The minimum absolute atomic E-state index is 0.0708. The number of allylic oxidation sites excluding steroid dienone is 1. The number of aromatic nitrogens is 6. The molecule has 12 heteroatoms. The molecule has 210 valence electrons. The van der Waals surface area contributed by atoms with Crippen molar-refractivity contribution in [2.24, 2.45) is 12.5 Å². The molecule has 0 N–H and O–H groups in total. The largest absolute Gasteiger partial charge is 0.291 e. The number of hydrogen-bond donors (Lipinski definition) is 0. The van der Waals surface area contributed by atoms with Gasteiger partial charge in [-0.15, -0.1) is 0 Å². The minimum atomic E-state index is -1.44. The van der Waals surface area contributed by atoms with Crippen LogP contribution in [0, 0.1) is 17.2 Å². The monoisotopic (exact) mass is 575 g/mol. The number of Topliss-reactive ketones (excluding diaryl/α,β-unsaturated/α-hetero) is 1. The van der Waals surface area contributed by atoms with E-state index in [9.17, 15) is 17.8 Å². The second-order valence-corrected chi connectivity index (χ2v) is 12.4. The van der Waals surface area contributed by atoms with Crippen molar-refractivity contribution in [3.05, 3.63) is 89.5 Å². The molecule has 3 unspecified atom stereocenters. The predicted molar refractivity (Wildman–Crippen MR) is 146 cm³/mol. The Morgan fingerprint density at radius 2 is 1.93 bits per heavy atom. The van der Waals surface area contributed by atoms with Gasteiger partial charge < -0.3 is 0 Å². The van der Waals surface area contributed by atoms with E-state index in [0.29, 0.717) is 36.3 Å². The van der Waals surface area contributed by atoms with Crippen LogP contribution in [0.1, 0.15) is 53.8 Å². The van der Waals surface area contributed by atoms with E-state index in [1.165, 1.54) is 30.6 Å². The molecule has 2 fully saturated rings. The molecule has 0 bridgehead atoms. The van der Waals surface area contributed by atoms with Crippen molar-refractivity contribution in [2.75, 3.05) is 0 Å². The SMILES string of the molecule is Cn1cc(S(=O)N(C2CC2)C2CCC3=Cc4c(cnn4-c4ccc(F)nc4)CC3(C(=O)c3cc(F)ccn3)C2)cn1. The second-order valence-electron chi connectivity index (χ2n) is 11.0. The highest BCUT2D eigenvalue weighted by atomic mass is 32.2. The zero-order chi connectivity index (χ0) is 28.3. The molecule has 3 aliphatic carbocycles. The first kappa shape index (κ1) is 26.0. The first-order chi connectivity index (χ1) is 19.8. The number of nitrogens with zero attached hydrogens (tertiary/aromatic N) is 7. The average Bonchev–Trinajstić information content (AvgIpc) is 3.57. The normalized spacial score (nSPS) is 22.6. The number of ketones is 1. The second kappa shape index (κ2) is 9.88. The van der Waals surface area contributed by atoms with Gasteiger partial charge in [0.15, 0.2) is 5.78 Å². The molecule has 0 saturated heterocycles. The van der Waals surface area contributed by atoms with Gasteiger partial charge in [-0.3, -0.25) is 14.5 Å². The van der Waals surface area contributed by atoms with Gasteiger partial charge in [-0.1, -0.05) is 5.57 Å². The van der Waals surface area contributed by atoms with Crippen molar-refractivity contribution < 1.29 is 17.8 Å². The topological polar surface area (TPSA) is 98.8 Å². The van der Waals surface area contributed by atoms with Crippen LogP contribution >= 0.6 is 0 Å². The molecule has 4 aromatic rings. The van der Waals surface area contributed by atoms with Crippen LogP contribution in [-0.4, -0.2) is 55.9 Å². The smallest absolute Gasteiger partial charge is 0.212 e. The molecule has 0 spiro atoms. The lowest BCUT2D eigenvalue weighted by Crippen LogP contribution is -2.50. The van der Waals surface area contributed by atoms with Crippen molar-refractivity contribution >= 4 is 22.8 Å². The van der Waals surface area contributed by atoms with E-state index in [-0.39, 0.29) is 23.6 Å². The van der Waals surface area contributed by atoms with Crippen LogP contribution in [0.5, 0.6) is 0 Å². The summed E-state index contributed by atoms with van der Waals surface area (Å²) in [6.07, 6.45) is 13.8. The predicted octanol–water partition coefficient (Wildman–Crippen LogP) is 4.22. The number of hydrogen-bond acceptors (Lipinski definition) is 6. The highest BCUT2D eigenvalue weighted by Gasteiger charge is 2.52. The summed E-state index contributed by atoms with van der Waals surface area (Å²) in [7, 11) is 0.357. The fourth-order valence-corrected chi connectivity index (χ4v) is 7.84. The molecule has 41 heavy (non-hydrogen) atoms. The Morgan fingerprint density at radius 1 is 1.07 bits per heavy atom. The number of fused-ring (bicyclic) bond motifs is 2. The van der Waals surface area contributed by atoms with Crippen molar-refractivity contribution in [3.8, 4) is 5.69 Å². The Bertz CT molecular complexity index is 1710. The number of pyridine rings is 2. The van der Waals surface area contributed by atoms with E-state index in [1.54, 1.807) is 41.1 Å². The number of carbonyl (C=O) groups excluding carboxylic acids is 1. The number of aryl methyl sites for hydroxylation is 1. The maximum atomic E-state index is 14.4. The number of halogens is 2. The first-order valence-electron chi connectivity index (χ1n) is 13.6. The lowest BCUT2D eigenvalue weighted by Gasteiger charge is -2.46. The van der Waals surface area contributed by atoms with E-state index in [4.69, 9.17) is 0 Å². The maximum absolute atomic E-state index is 14.4. The van der Waals surface area contributed by atoms with Gasteiger partial charge in [0.25, 0.3) is 0 Å². The molecular weight excluding hydrogens is 548 g/mol. The molecule has 4 heterocycles. The summed E-state index contributed by atoms with van der Waals surface area (Å²) >= 11 is 0. The Labute approximate surface area is 237 Å². The number of carbonyl (C=O) groups is 1. The minimum Gasteiger partial charge on any atom is -0.291 e. The van der Waals surface area contributed by atoms with E-state index in [1.807, 2.05) is 6.08 Å². The Kier molecular flexibility index (Phi) is 6.27. The fourth-order valence-electron chi connectivity index (χ4n) is 6.28. The Morgan fingerprint density at radius 3 is 2.63 bits per heavy atom. The quantitative estimate of drug-likeness (QED) is 0.242. The van der Waals surface area contributed by atoms with E-state index < -0.39 is 28.2 Å². The van der Waals surface area contributed by atoms with Gasteiger partial charge in [-0.05, 0) is 68.4 Å². The van der Waals surface area contributed by atoms with E-state index in [2.05, 4.69) is 24.5 Å². The van der Waals surface area contributed by atoms with Gasteiger partial charge in [0.05, 0.1) is 40.3 Å². The van der Waals surface area contributed by atoms with Crippen molar-refractivity contribution in [2.45, 2.75) is 55.5 Å². The summed E-state index contributed by atoms with van der Waals surface area (Å²) < 4.78 is 47.0. The summed E-state index contributed by atoms with van der Waals surface area (Å²) in [4.78, 5) is 23.0. The number of rotatable bonds is 7. The summed E-state index contributed by atoms with van der Waals surface area (Å²) in [5.74, 6) is -1.36. The molecule has 7 rings (SSSR count). The summed E-state index contributed by atoms with van der Waals surface area (Å²) in [6, 6.07) is 5.32. The molecule has 9 nitrogen and oxygen atoms in total. The van der Waals surface area contributed by atoms with Crippen LogP contribution < -0.4 is 0 Å². The first-order valence-corrected chi connectivity index (χ1v) is 14.7. The highest BCUT2D eigenvalue weighted by Crippen LogP contribution is 2.52. The van der Waals surface area contributed by atoms with Crippen molar-refractivity contribution in [1.29, 1.82) is 0 Å². The molecule has 0 radical (unpaired) electrons. The van der Waals surface area contributed by atoms with Crippen molar-refractivity contribution in [3.63, 3.8) is 0 Å². The lowest BCUT2D eigenvalue weighted by atomic mass is 9.60. The van der Waals surface area contributed by atoms with Crippen LogP contribution in [0.15, 0.2) is 65.7 Å². The molecule has 0 aromatic carbocycles. The third-order valence-electron chi connectivity index (χ3n) is 8.32. The molecule has 0 amide bonds. The summed E-state index contributed by atoms with van der Waals surface area (Å²) in [6.45, 7) is 0. The fraction of sp³-hybridized carbons (Fsp3) is 0.345. The Hall–Kier alpha value is -3.90. The molecule has 4 aromatic heterocycles. The van der Waals surface area contributed by atoms with Crippen LogP contribution in [-0.2, 0) is 24.5 Å². The van der Waals surface area contributed by atoms with E-state index >= 15 is 0 Å². The van der Waals surface area contributed by atoms with Crippen LogP contribution in [0.2, 0.25) is 0 Å². The van der Waals surface area contributed by atoms with Gasteiger partial charge in [0.1, 0.15) is 22.5 Å². The van der Waals surface area contributed by atoms with Gasteiger partial charge in [0, 0.05) is 37.6 Å². The standard InChI is InChI=1S/C29H27F2N7O2S/c1-36-17-24(16-34-36)41(40)38(21-4-5-21)22-3-2-19-10-26-18(14-35-37(26)23-6-7-27(31)33-15-23)12-29(19,13-22)28(39)25-11-20(30)8-9-32-25/h6-11,14-17,21-22H,2-5,12-13H2,1H3. The van der Waals surface area contributed by atoms with Crippen LogP contribution in [0.4, 0.5) is 8.78 Å². The average molecular weight is 576 g/mol. The summed E-state index contributed by atoms with van der Waals surface area (Å²) in [5.41, 5.74) is 2.24. The molecule has 3 atom stereocenters. The van der Waals surface area contributed by atoms with Crippen LogP contribution in [0.25, 0.3) is 11.8 Å². The molecule has 0 aliphatic heterocycles. The zero-order valence-corrected chi connectivity index (χ0v) is 23.1. The van der Waals surface area contributed by atoms with Gasteiger partial charge in [-0.25, -0.2) is 22.6 Å². The van der Waals surface area contributed by atoms with Gasteiger partial charge in [-0.2, -0.15) is 14.6 Å². The summed E-state index contributed by atoms with van der Waals surface area (Å²) in [5, 5.41) is 8.76.